The number of hydrogen-bond acceptors (Lipinski definition) is 3. The molecule has 0 aliphatic carbocycles. The molecule has 0 heterocycles. The van der Waals surface area contributed by atoms with Crippen molar-refractivity contribution < 1.29 is 14.3 Å². The molecule has 68 valence electrons. The van der Waals surface area contributed by atoms with Crippen LogP contribution in [0.1, 0.15) is 16.8 Å². The first-order valence-electron chi connectivity index (χ1n) is 3.98. The quantitative estimate of drug-likeness (QED) is 0.506. The van der Waals surface area contributed by atoms with Crippen LogP contribution in [-0.4, -0.2) is 19.2 Å². The Morgan fingerprint density at radius 2 is 2.15 bits per heavy atom. The molecule has 3 heteroatoms. The summed E-state index contributed by atoms with van der Waals surface area (Å²) in [4.78, 5) is 20.4. The normalized spacial score (nSPS) is 9.23. The van der Waals surface area contributed by atoms with E-state index in [1.807, 2.05) is 0 Å². The van der Waals surface area contributed by atoms with E-state index in [1.54, 1.807) is 24.3 Å². The maximum absolute atomic E-state index is 10.4. The lowest BCUT2D eigenvalue weighted by Crippen LogP contribution is -1.97. The minimum Gasteiger partial charge on any atom is -0.493 e. The molecule has 0 aliphatic heterocycles. The molecule has 0 saturated carbocycles. The highest BCUT2D eigenvalue weighted by atomic mass is 16.5. The van der Waals surface area contributed by atoms with Gasteiger partial charge in [0.05, 0.1) is 6.61 Å². The van der Waals surface area contributed by atoms with Crippen LogP contribution in [0.25, 0.3) is 0 Å². The van der Waals surface area contributed by atoms with Gasteiger partial charge in [0.25, 0.3) is 0 Å². The van der Waals surface area contributed by atoms with Gasteiger partial charge in [-0.25, -0.2) is 0 Å². The topological polar surface area (TPSA) is 43.4 Å². The molecule has 0 aromatic heterocycles. The van der Waals surface area contributed by atoms with Gasteiger partial charge in [-0.05, 0) is 12.1 Å². The molecule has 0 atom stereocenters. The second-order valence-electron chi connectivity index (χ2n) is 2.49. The first-order chi connectivity index (χ1) is 6.36. The van der Waals surface area contributed by atoms with Crippen molar-refractivity contribution in [3.63, 3.8) is 0 Å². The first kappa shape index (κ1) is 9.45. The lowest BCUT2D eigenvalue weighted by molar-refractivity contribution is -0.108. The molecule has 0 saturated heterocycles. The third kappa shape index (κ3) is 3.07. The molecule has 1 aromatic carbocycles. The lowest BCUT2D eigenvalue weighted by atomic mass is 10.2. The maximum atomic E-state index is 10.4. The highest BCUT2D eigenvalue weighted by Crippen LogP contribution is 2.11. The van der Waals surface area contributed by atoms with Crippen LogP contribution in [0.2, 0.25) is 0 Å². The van der Waals surface area contributed by atoms with E-state index in [0.717, 1.165) is 12.6 Å². The second-order valence-corrected chi connectivity index (χ2v) is 2.49. The van der Waals surface area contributed by atoms with Crippen molar-refractivity contribution in [2.45, 2.75) is 6.42 Å². The molecule has 13 heavy (non-hydrogen) atoms. The number of rotatable bonds is 5. The molecule has 0 aliphatic rings. The maximum Gasteiger partial charge on any atom is 0.150 e. The zero-order chi connectivity index (χ0) is 9.52. The molecule has 0 amide bonds. The van der Waals surface area contributed by atoms with Gasteiger partial charge in [-0.2, -0.15) is 0 Å². The fourth-order valence-electron chi connectivity index (χ4n) is 0.903. The molecule has 0 bridgehead atoms. The standard InChI is InChI=1S/C10H10O3/c11-5-2-6-13-10-4-1-3-9(7-10)8-12/h1,3-5,7-8H,2,6H2. The third-order valence-electron chi connectivity index (χ3n) is 1.50. The Morgan fingerprint density at radius 1 is 1.31 bits per heavy atom. The molecule has 0 fully saturated rings. The third-order valence-corrected chi connectivity index (χ3v) is 1.50. The van der Waals surface area contributed by atoms with E-state index in [0.29, 0.717) is 24.3 Å². The summed E-state index contributed by atoms with van der Waals surface area (Å²) in [6, 6.07) is 6.81. The summed E-state index contributed by atoms with van der Waals surface area (Å²) in [5, 5.41) is 0. The van der Waals surface area contributed by atoms with E-state index in [2.05, 4.69) is 0 Å². The number of carbonyl (C=O) groups is 2. The van der Waals surface area contributed by atoms with Crippen LogP contribution in [0.3, 0.4) is 0 Å². The fourth-order valence-corrected chi connectivity index (χ4v) is 0.903. The summed E-state index contributed by atoms with van der Waals surface area (Å²) in [5.74, 6) is 0.617. The van der Waals surface area contributed by atoms with Crippen molar-refractivity contribution >= 4 is 12.6 Å². The van der Waals surface area contributed by atoms with Gasteiger partial charge in [0.1, 0.15) is 18.3 Å². The van der Waals surface area contributed by atoms with Crippen LogP contribution in [0.4, 0.5) is 0 Å². The van der Waals surface area contributed by atoms with Crippen LogP contribution < -0.4 is 4.74 Å². The highest BCUT2D eigenvalue weighted by molar-refractivity contribution is 5.75. The van der Waals surface area contributed by atoms with Crippen molar-refractivity contribution in [1.29, 1.82) is 0 Å². The summed E-state index contributed by atoms with van der Waals surface area (Å²) in [7, 11) is 0. The molecular weight excluding hydrogens is 168 g/mol. The van der Waals surface area contributed by atoms with E-state index >= 15 is 0 Å². The van der Waals surface area contributed by atoms with Gasteiger partial charge < -0.3 is 9.53 Å². The van der Waals surface area contributed by atoms with Crippen LogP contribution >= 0.6 is 0 Å². The minimum atomic E-state index is 0.353. The zero-order valence-electron chi connectivity index (χ0n) is 7.10. The van der Waals surface area contributed by atoms with Crippen molar-refractivity contribution in [3.05, 3.63) is 29.8 Å². The van der Waals surface area contributed by atoms with Gasteiger partial charge in [-0.1, -0.05) is 12.1 Å². The van der Waals surface area contributed by atoms with Crippen LogP contribution in [0.15, 0.2) is 24.3 Å². The summed E-state index contributed by atoms with van der Waals surface area (Å²) >= 11 is 0. The van der Waals surface area contributed by atoms with Crippen molar-refractivity contribution in [3.8, 4) is 5.75 Å². The van der Waals surface area contributed by atoms with Crippen molar-refractivity contribution in [1.82, 2.24) is 0 Å². The second kappa shape index (κ2) is 5.09. The SMILES string of the molecule is O=CCCOc1cccc(C=O)c1. The smallest absolute Gasteiger partial charge is 0.150 e. The average molecular weight is 178 g/mol. The Labute approximate surface area is 76.3 Å². The Morgan fingerprint density at radius 3 is 2.85 bits per heavy atom. The molecule has 0 unspecified atom stereocenters. The Balaban J connectivity index is 2.55. The van der Waals surface area contributed by atoms with E-state index in [9.17, 15) is 9.59 Å². The van der Waals surface area contributed by atoms with E-state index in [1.165, 1.54) is 0 Å². The van der Waals surface area contributed by atoms with Gasteiger partial charge in [0.2, 0.25) is 0 Å². The summed E-state index contributed by atoms with van der Waals surface area (Å²) in [5.41, 5.74) is 0.573. The van der Waals surface area contributed by atoms with Gasteiger partial charge in [-0.15, -0.1) is 0 Å². The lowest BCUT2D eigenvalue weighted by Gasteiger charge is -2.03. The molecular formula is C10H10O3. The minimum absolute atomic E-state index is 0.353. The molecule has 0 radical (unpaired) electrons. The number of hydrogen-bond donors (Lipinski definition) is 0. The zero-order valence-corrected chi connectivity index (χ0v) is 7.10. The molecule has 3 nitrogen and oxygen atoms in total. The highest BCUT2D eigenvalue weighted by Gasteiger charge is 1.94. The van der Waals surface area contributed by atoms with Crippen molar-refractivity contribution in [2.24, 2.45) is 0 Å². The van der Waals surface area contributed by atoms with Crippen LogP contribution in [-0.2, 0) is 4.79 Å². The van der Waals surface area contributed by atoms with E-state index in [-0.39, 0.29) is 0 Å². The number of benzene rings is 1. The first-order valence-corrected chi connectivity index (χ1v) is 3.98. The van der Waals surface area contributed by atoms with Gasteiger partial charge >= 0.3 is 0 Å². The van der Waals surface area contributed by atoms with Gasteiger partial charge in [0, 0.05) is 12.0 Å². The number of ether oxygens (including phenoxy) is 1. The van der Waals surface area contributed by atoms with E-state index in [4.69, 9.17) is 4.74 Å². The summed E-state index contributed by atoms with van der Waals surface area (Å²) < 4.78 is 5.20. The van der Waals surface area contributed by atoms with Gasteiger partial charge in [0.15, 0.2) is 0 Å². The monoisotopic (exact) mass is 178 g/mol. The summed E-state index contributed by atoms with van der Waals surface area (Å²) in [6.45, 7) is 0.353. The largest absolute Gasteiger partial charge is 0.493 e. The van der Waals surface area contributed by atoms with Crippen molar-refractivity contribution in [2.75, 3.05) is 6.61 Å². The molecule has 1 aromatic rings. The Kier molecular flexibility index (Phi) is 3.70. The average Bonchev–Trinajstić information content (AvgIpc) is 2.19. The van der Waals surface area contributed by atoms with Crippen LogP contribution in [0.5, 0.6) is 5.75 Å². The molecule has 1 rings (SSSR count). The molecule has 0 N–H and O–H groups in total. The fraction of sp³-hybridized carbons (Fsp3) is 0.200. The van der Waals surface area contributed by atoms with Crippen LogP contribution in [0, 0.1) is 0 Å². The van der Waals surface area contributed by atoms with Gasteiger partial charge in [-0.3, -0.25) is 4.79 Å². The Bertz CT molecular complexity index is 294. The van der Waals surface area contributed by atoms with E-state index < -0.39 is 0 Å². The predicted octanol–water partition coefficient (Wildman–Crippen LogP) is 1.47. The number of carbonyl (C=O) groups excluding carboxylic acids is 2. The molecule has 0 spiro atoms. The predicted molar refractivity (Wildman–Crippen MR) is 48.0 cm³/mol. The number of aldehydes is 2. The summed E-state index contributed by atoms with van der Waals surface area (Å²) in [6.07, 6.45) is 1.92. The Hall–Kier alpha value is -1.64.